The van der Waals surface area contributed by atoms with Crippen LogP contribution in [0.15, 0.2) is 73.4 Å². The van der Waals surface area contributed by atoms with Gasteiger partial charge in [-0.05, 0) is 31.2 Å². The summed E-state index contributed by atoms with van der Waals surface area (Å²) < 4.78 is 3.77. The number of benzene rings is 1. The van der Waals surface area contributed by atoms with Crippen LogP contribution in [0.25, 0.3) is 11.5 Å². The molecule has 31 heavy (non-hydrogen) atoms. The smallest absolute Gasteiger partial charge is 0.257 e. The summed E-state index contributed by atoms with van der Waals surface area (Å²) in [4.78, 5) is 26.0. The van der Waals surface area contributed by atoms with Crippen LogP contribution in [0.2, 0.25) is 0 Å². The first-order valence-electron chi connectivity index (χ1n) is 10.3. The van der Waals surface area contributed by atoms with Gasteiger partial charge in [0.1, 0.15) is 18.0 Å². The topological polar surface area (TPSA) is 72.1 Å². The van der Waals surface area contributed by atoms with Gasteiger partial charge in [-0.25, -0.2) is 14.6 Å². The van der Waals surface area contributed by atoms with Crippen molar-refractivity contribution < 1.29 is 4.79 Å². The normalized spacial score (nSPS) is 14.1. The first kappa shape index (κ1) is 19.0. The first-order chi connectivity index (χ1) is 15.2. The van der Waals surface area contributed by atoms with E-state index in [1.165, 1.54) is 0 Å². The van der Waals surface area contributed by atoms with Gasteiger partial charge in [-0.1, -0.05) is 18.2 Å². The molecule has 1 aliphatic rings. The van der Waals surface area contributed by atoms with Crippen molar-refractivity contribution >= 4 is 11.7 Å². The maximum absolute atomic E-state index is 13.1. The van der Waals surface area contributed by atoms with Crippen LogP contribution in [-0.2, 0) is 0 Å². The number of carbonyl (C=O) groups excluding carboxylic acids is 1. The average molecular weight is 413 g/mol. The van der Waals surface area contributed by atoms with Crippen molar-refractivity contribution in [3.63, 3.8) is 0 Å². The molecule has 0 unspecified atom stereocenters. The van der Waals surface area contributed by atoms with E-state index in [0.717, 1.165) is 36.1 Å². The molecule has 0 radical (unpaired) electrons. The second-order valence-electron chi connectivity index (χ2n) is 7.49. The van der Waals surface area contributed by atoms with Crippen molar-refractivity contribution in [1.29, 1.82) is 0 Å². The second kappa shape index (κ2) is 8.06. The van der Waals surface area contributed by atoms with Gasteiger partial charge in [-0.3, -0.25) is 4.79 Å². The minimum Gasteiger partial charge on any atom is -0.353 e. The third-order valence-electron chi connectivity index (χ3n) is 5.64. The molecule has 0 N–H and O–H groups in total. The summed E-state index contributed by atoms with van der Waals surface area (Å²) in [7, 11) is 0. The van der Waals surface area contributed by atoms with E-state index < -0.39 is 0 Å². The zero-order valence-corrected chi connectivity index (χ0v) is 17.3. The van der Waals surface area contributed by atoms with Crippen LogP contribution < -0.4 is 4.90 Å². The Hall–Kier alpha value is -3.94. The van der Waals surface area contributed by atoms with E-state index in [9.17, 15) is 4.79 Å². The van der Waals surface area contributed by atoms with Crippen LogP contribution >= 0.6 is 0 Å². The Morgan fingerprint density at radius 3 is 2.35 bits per heavy atom. The van der Waals surface area contributed by atoms with Gasteiger partial charge in [0.05, 0.1) is 23.1 Å². The number of aromatic nitrogens is 5. The number of nitrogens with zero attached hydrogens (tertiary/aromatic N) is 7. The fraction of sp³-hybridized carbons (Fsp3) is 0.217. The van der Waals surface area contributed by atoms with Gasteiger partial charge in [0.2, 0.25) is 0 Å². The van der Waals surface area contributed by atoms with Gasteiger partial charge in [0, 0.05) is 44.6 Å². The largest absolute Gasteiger partial charge is 0.353 e. The van der Waals surface area contributed by atoms with Crippen LogP contribution in [0.3, 0.4) is 0 Å². The van der Waals surface area contributed by atoms with Crippen LogP contribution in [0, 0.1) is 6.92 Å². The molecule has 3 aromatic heterocycles. The molecular weight excluding hydrogens is 390 g/mol. The van der Waals surface area contributed by atoms with E-state index in [0.29, 0.717) is 18.7 Å². The molecule has 0 bridgehead atoms. The molecule has 0 saturated carbocycles. The fourth-order valence-electron chi connectivity index (χ4n) is 3.90. The molecule has 1 saturated heterocycles. The van der Waals surface area contributed by atoms with Crippen molar-refractivity contribution in [2.45, 2.75) is 6.92 Å². The van der Waals surface area contributed by atoms with Crippen LogP contribution in [0.4, 0.5) is 5.82 Å². The number of amides is 1. The van der Waals surface area contributed by atoms with Gasteiger partial charge >= 0.3 is 0 Å². The van der Waals surface area contributed by atoms with Crippen LogP contribution in [-0.4, -0.2) is 61.3 Å². The molecule has 8 nitrogen and oxygen atoms in total. The minimum atomic E-state index is 0.0232. The average Bonchev–Trinajstić information content (AvgIpc) is 3.50. The summed E-state index contributed by atoms with van der Waals surface area (Å²) in [6.45, 7) is 4.65. The number of rotatable bonds is 4. The molecule has 0 spiro atoms. The zero-order chi connectivity index (χ0) is 21.2. The summed E-state index contributed by atoms with van der Waals surface area (Å²) >= 11 is 0. The van der Waals surface area contributed by atoms with E-state index in [1.807, 2.05) is 82.0 Å². The Labute approximate surface area is 180 Å². The van der Waals surface area contributed by atoms with Gasteiger partial charge in [0.15, 0.2) is 0 Å². The van der Waals surface area contributed by atoms with Gasteiger partial charge in [-0.2, -0.15) is 5.10 Å². The highest BCUT2D eigenvalue weighted by Crippen LogP contribution is 2.19. The first-order valence-corrected chi connectivity index (χ1v) is 10.3. The lowest BCUT2D eigenvalue weighted by molar-refractivity contribution is 0.0745. The monoisotopic (exact) mass is 413 g/mol. The molecule has 1 amide bonds. The molecule has 1 aliphatic heterocycles. The van der Waals surface area contributed by atoms with E-state index in [1.54, 1.807) is 12.5 Å². The van der Waals surface area contributed by atoms with E-state index in [-0.39, 0.29) is 5.91 Å². The number of carbonyl (C=O) groups is 1. The predicted octanol–water partition coefficient (Wildman–Crippen LogP) is 2.72. The molecule has 4 aromatic rings. The number of para-hydroxylation sites is 1. The number of hydrogen-bond acceptors (Lipinski definition) is 5. The Bertz CT molecular complexity index is 1180. The number of hydrogen-bond donors (Lipinski definition) is 0. The van der Waals surface area contributed by atoms with Crippen molar-refractivity contribution in [1.82, 2.24) is 29.2 Å². The molecule has 1 aromatic carbocycles. The lowest BCUT2D eigenvalue weighted by Crippen LogP contribution is -2.49. The summed E-state index contributed by atoms with van der Waals surface area (Å²) in [5.74, 6) is 1.73. The quantitative estimate of drug-likeness (QED) is 0.514. The fourth-order valence-corrected chi connectivity index (χ4v) is 3.90. The maximum atomic E-state index is 13.1. The van der Waals surface area contributed by atoms with Crippen LogP contribution in [0.1, 0.15) is 16.1 Å². The summed E-state index contributed by atoms with van der Waals surface area (Å²) in [6.07, 6.45) is 7.18. The Morgan fingerprint density at radius 2 is 1.61 bits per heavy atom. The van der Waals surface area contributed by atoms with E-state index in [4.69, 9.17) is 0 Å². The highest BCUT2D eigenvalue weighted by molar-refractivity contribution is 5.95. The molecule has 5 rings (SSSR count). The standard InChI is InChI=1S/C23H23N7O/c1-18-20(16-26-30(18)19-7-3-2-4-8-19)23(31)29-13-11-28(12-14-29)22-15-21(24-17-25-22)27-9-5-6-10-27/h2-10,15-17H,11-14H2,1H3. The van der Waals surface area contributed by atoms with Crippen molar-refractivity contribution in [2.75, 3.05) is 31.1 Å². The highest BCUT2D eigenvalue weighted by atomic mass is 16.2. The van der Waals surface area contributed by atoms with Gasteiger partial charge in [0.25, 0.3) is 5.91 Å². The van der Waals surface area contributed by atoms with Crippen molar-refractivity contribution in [3.8, 4) is 11.5 Å². The van der Waals surface area contributed by atoms with E-state index in [2.05, 4.69) is 20.0 Å². The Morgan fingerprint density at radius 1 is 0.903 bits per heavy atom. The molecule has 8 heteroatoms. The maximum Gasteiger partial charge on any atom is 0.257 e. The lowest BCUT2D eigenvalue weighted by Gasteiger charge is -2.35. The van der Waals surface area contributed by atoms with Crippen LogP contribution in [0.5, 0.6) is 0 Å². The van der Waals surface area contributed by atoms with Crippen molar-refractivity contribution in [3.05, 3.63) is 84.7 Å². The summed E-state index contributed by atoms with van der Waals surface area (Å²) in [6, 6.07) is 15.8. The minimum absolute atomic E-state index is 0.0232. The van der Waals surface area contributed by atoms with Gasteiger partial charge in [-0.15, -0.1) is 0 Å². The molecule has 156 valence electrons. The Balaban J connectivity index is 1.28. The highest BCUT2D eigenvalue weighted by Gasteiger charge is 2.26. The summed E-state index contributed by atoms with van der Waals surface area (Å²) in [5.41, 5.74) is 2.45. The third kappa shape index (κ3) is 3.68. The lowest BCUT2D eigenvalue weighted by atomic mass is 10.2. The molecule has 0 aliphatic carbocycles. The van der Waals surface area contributed by atoms with E-state index >= 15 is 0 Å². The SMILES string of the molecule is Cc1c(C(=O)N2CCN(c3cc(-n4cccc4)ncn3)CC2)cnn1-c1ccccc1. The van der Waals surface area contributed by atoms with Crippen molar-refractivity contribution in [2.24, 2.45) is 0 Å². The third-order valence-corrected chi connectivity index (χ3v) is 5.64. The molecule has 1 fully saturated rings. The molecule has 4 heterocycles. The number of piperazine rings is 1. The second-order valence-corrected chi connectivity index (χ2v) is 7.49. The zero-order valence-electron chi connectivity index (χ0n) is 17.3. The molecule has 0 atom stereocenters. The number of anilines is 1. The predicted molar refractivity (Wildman–Crippen MR) is 118 cm³/mol. The summed E-state index contributed by atoms with van der Waals surface area (Å²) in [5, 5.41) is 4.44. The molecular formula is C23H23N7O. The Kier molecular flexibility index (Phi) is 4.95. The van der Waals surface area contributed by atoms with Gasteiger partial charge < -0.3 is 14.4 Å².